The normalized spacial score (nSPS) is 18.0. The van der Waals surface area contributed by atoms with Crippen molar-refractivity contribution >= 4 is 92.5 Å². The summed E-state index contributed by atoms with van der Waals surface area (Å²) >= 11 is 16.1. The Morgan fingerprint density at radius 2 is 1.63 bits per heavy atom. The number of aromatic nitrogens is 2. The Labute approximate surface area is 321 Å². The van der Waals surface area contributed by atoms with Gasteiger partial charge in [0.2, 0.25) is 11.8 Å². The number of hydrogen-bond donors (Lipinski definition) is 2. The number of carbonyl (C=O) groups excluding carboxylic acids is 4. The van der Waals surface area contributed by atoms with Gasteiger partial charge in [-0.25, -0.2) is 9.78 Å². The van der Waals surface area contributed by atoms with Crippen LogP contribution in [-0.2, 0) is 19.1 Å². The molecule has 262 valence electrons. The number of carbonyl (C=O) groups is 4. The van der Waals surface area contributed by atoms with Gasteiger partial charge in [0.1, 0.15) is 21.7 Å². The van der Waals surface area contributed by atoms with Crippen LogP contribution in [0.15, 0.2) is 120 Å². The third-order valence-electron chi connectivity index (χ3n) is 8.05. The number of halogens is 2. The van der Waals surface area contributed by atoms with Gasteiger partial charge in [-0.1, -0.05) is 95.2 Å². The fraction of sp³-hybridized carbons (Fsp3) is 0.135. The Kier molecular flexibility index (Phi) is 10.7. The smallest absolute Gasteiger partial charge is 0.356 e. The first-order chi connectivity index (χ1) is 25.2. The minimum atomic E-state index is -0.815. The molecule has 52 heavy (non-hydrogen) atoms. The molecule has 10 nitrogen and oxygen atoms in total. The summed E-state index contributed by atoms with van der Waals surface area (Å²) in [6, 6.07) is 27.0. The molecule has 2 N–H and O–H groups in total. The molecular weight excluding hydrogens is 762 g/mol. The number of rotatable bonds is 10. The van der Waals surface area contributed by atoms with Crippen LogP contribution < -0.4 is 10.6 Å². The van der Waals surface area contributed by atoms with E-state index in [9.17, 15) is 19.2 Å². The van der Waals surface area contributed by atoms with Gasteiger partial charge in [0.05, 0.1) is 20.5 Å². The predicted molar refractivity (Wildman–Crippen MR) is 204 cm³/mol. The van der Waals surface area contributed by atoms with Gasteiger partial charge >= 0.3 is 5.97 Å². The highest BCUT2D eigenvalue weighted by molar-refractivity contribution is 8.05. The number of ether oxygens (including phenoxy) is 1. The average Bonchev–Trinajstić information content (AvgIpc) is 3.62. The standard InChI is InChI=1S/C37H27Cl2N5O5S3/c1-20(45)42-33-28(27-19-41-37(51-27)43-32(46)23-13-8-16-40-18-23)29(36(48)49-30(21-9-4-2-5-10-21)22-11-6-3-7-12-22)44-34(47)31(35(44)52-33)50-24-14-15-25(38)26(39)17-24/h2-19,30-31,33,35H,1H3,(H,42,45)(H,41,43,46). The number of fused-ring (bicyclic) bond motifs is 1. The summed E-state index contributed by atoms with van der Waals surface area (Å²) in [5.41, 5.74) is 2.09. The SMILES string of the molecule is CC(=O)NC1SC2C(Sc3ccc(Cl)c(Cl)c3)C(=O)N2C(C(=O)OC(c2ccccc2)c2ccccc2)=C1c1cnc(NC(=O)c2cccnc2)s1. The summed E-state index contributed by atoms with van der Waals surface area (Å²) in [6.07, 6.45) is 3.68. The zero-order valence-corrected chi connectivity index (χ0v) is 31.0. The predicted octanol–water partition coefficient (Wildman–Crippen LogP) is 7.68. The number of amides is 3. The highest BCUT2D eigenvalue weighted by Gasteiger charge is 2.57. The lowest BCUT2D eigenvalue weighted by Gasteiger charge is -2.51. The topological polar surface area (TPSA) is 131 Å². The molecule has 1 fully saturated rings. The van der Waals surface area contributed by atoms with Gasteiger partial charge < -0.3 is 10.1 Å². The van der Waals surface area contributed by atoms with E-state index in [1.807, 2.05) is 60.7 Å². The number of nitrogens with one attached hydrogen (secondary N) is 2. The molecule has 7 rings (SSSR count). The van der Waals surface area contributed by atoms with Gasteiger partial charge in [-0.15, -0.1) is 23.5 Å². The molecule has 0 spiro atoms. The molecule has 5 aromatic rings. The van der Waals surface area contributed by atoms with E-state index in [4.69, 9.17) is 27.9 Å². The molecule has 2 aliphatic rings. The van der Waals surface area contributed by atoms with Crippen LogP contribution in [0, 0.1) is 0 Å². The molecule has 4 heterocycles. The van der Waals surface area contributed by atoms with E-state index in [1.54, 1.807) is 36.5 Å². The van der Waals surface area contributed by atoms with Crippen molar-refractivity contribution in [2.45, 2.75) is 33.9 Å². The summed E-state index contributed by atoms with van der Waals surface area (Å²) in [6.45, 7) is 1.38. The van der Waals surface area contributed by atoms with Crippen LogP contribution >= 0.6 is 58.1 Å². The number of thiazole rings is 1. The zero-order valence-electron chi connectivity index (χ0n) is 27.1. The summed E-state index contributed by atoms with van der Waals surface area (Å²) in [7, 11) is 0. The Balaban J connectivity index is 1.30. The van der Waals surface area contributed by atoms with E-state index < -0.39 is 34.0 Å². The Morgan fingerprint density at radius 3 is 2.27 bits per heavy atom. The fourth-order valence-electron chi connectivity index (χ4n) is 5.69. The molecule has 3 unspecified atom stereocenters. The quantitative estimate of drug-likeness (QED) is 0.108. The Bertz CT molecular complexity index is 2150. The summed E-state index contributed by atoms with van der Waals surface area (Å²) in [4.78, 5) is 65.5. The van der Waals surface area contributed by atoms with E-state index in [2.05, 4.69) is 20.6 Å². The monoisotopic (exact) mass is 787 g/mol. The van der Waals surface area contributed by atoms with Crippen LogP contribution in [0.25, 0.3) is 5.57 Å². The van der Waals surface area contributed by atoms with Crippen LogP contribution in [0.3, 0.4) is 0 Å². The molecule has 0 bridgehead atoms. The molecule has 3 amide bonds. The minimum Gasteiger partial charge on any atom is -0.448 e. The van der Waals surface area contributed by atoms with Crippen molar-refractivity contribution in [3.8, 4) is 0 Å². The lowest BCUT2D eigenvalue weighted by Crippen LogP contribution is -2.65. The average molecular weight is 789 g/mol. The molecule has 2 aromatic heterocycles. The van der Waals surface area contributed by atoms with Crippen molar-refractivity contribution in [2.24, 2.45) is 0 Å². The molecule has 0 radical (unpaired) electrons. The molecule has 3 atom stereocenters. The second-order valence-corrected chi connectivity index (χ2v) is 15.8. The van der Waals surface area contributed by atoms with Crippen LogP contribution in [0.4, 0.5) is 5.13 Å². The van der Waals surface area contributed by atoms with Gasteiger partial charge in [0.15, 0.2) is 11.2 Å². The Morgan fingerprint density at radius 1 is 0.923 bits per heavy atom. The van der Waals surface area contributed by atoms with Crippen molar-refractivity contribution in [3.05, 3.63) is 147 Å². The first-order valence-electron chi connectivity index (χ1n) is 15.8. The minimum absolute atomic E-state index is 0.0239. The van der Waals surface area contributed by atoms with Gasteiger partial charge in [0, 0.05) is 36.0 Å². The van der Waals surface area contributed by atoms with Gasteiger partial charge in [0.25, 0.3) is 5.91 Å². The highest BCUT2D eigenvalue weighted by atomic mass is 35.5. The largest absolute Gasteiger partial charge is 0.448 e. The molecule has 0 saturated carbocycles. The number of anilines is 1. The molecular formula is C37H27Cl2N5O5S3. The van der Waals surface area contributed by atoms with Crippen molar-refractivity contribution in [2.75, 3.05) is 5.32 Å². The number of pyridine rings is 1. The van der Waals surface area contributed by atoms with E-state index in [0.29, 0.717) is 31.0 Å². The third kappa shape index (κ3) is 7.46. The van der Waals surface area contributed by atoms with Crippen molar-refractivity contribution in [3.63, 3.8) is 0 Å². The second kappa shape index (κ2) is 15.5. The van der Waals surface area contributed by atoms with Crippen molar-refractivity contribution < 1.29 is 23.9 Å². The lowest BCUT2D eigenvalue weighted by atomic mass is 10.0. The maximum atomic E-state index is 14.7. The summed E-state index contributed by atoms with van der Waals surface area (Å²) < 4.78 is 6.34. The molecule has 3 aromatic carbocycles. The van der Waals surface area contributed by atoms with Crippen LogP contribution in [0.2, 0.25) is 10.0 Å². The first kappa shape index (κ1) is 35.7. The first-order valence-corrected chi connectivity index (χ1v) is 19.2. The third-order valence-corrected chi connectivity index (χ3v) is 12.5. The summed E-state index contributed by atoms with van der Waals surface area (Å²) in [5.74, 6) is -1.87. The van der Waals surface area contributed by atoms with E-state index >= 15 is 0 Å². The Hall–Kier alpha value is -4.66. The zero-order chi connectivity index (χ0) is 36.4. The van der Waals surface area contributed by atoms with E-state index in [-0.39, 0.29) is 22.6 Å². The van der Waals surface area contributed by atoms with E-state index in [1.165, 1.54) is 47.7 Å². The van der Waals surface area contributed by atoms with Crippen molar-refractivity contribution in [1.29, 1.82) is 0 Å². The fourth-order valence-corrected chi connectivity index (χ4v) is 9.93. The number of thioether (sulfide) groups is 2. The lowest BCUT2D eigenvalue weighted by molar-refractivity contribution is -0.151. The maximum absolute atomic E-state index is 14.7. The molecule has 15 heteroatoms. The number of hydrogen-bond acceptors (Lipinski definition) is 10. The number of benzene rings is 3. The summed E-state index contributed by atoms with van der Waals surface area (Å²) in [5, 5.41) is 4.72. The maximum Gasteiger partial charge on any atom is 0.356 e. The number of esters is 1. The molecule has 2 aliphatic heterocycles. The van der Waals surface area contributed by atoms with Gasteiger partial charge in [-0.05, 0) is 41.5 Å². The number of nitrogens with zero attached hydrogens (tertiary/aromatic N) is 3. The van der Waals surface area contributed by atoms with Crippen LogP contribution in [0.5, 0.6) is 0 Å². The van der Waals surface area contributed by atoms with Gasteiger partial charge in [-0.2, -0.15) is 0 Å². The molecule has 1 saturated heterocycles. The highest BCUT2D eigenvalue weighted by Crippen LogP contribution is 2.52. The second-order valence-electron chi connectivity index (χ2n) is 11.5. The molecule has 0 aliphatic carbocycles. The number of β-lactam (4-membered cyclic amide) rings is 1. The van der Waals surface area contributed by atoms with Gasteiger partial charge in [-0.3, -0.25) is 29.6 Å². The van der Waals surface area contributed by atoms with E-state index in [0.717, 1.165) is 22.5 Å². The van der Waals surface area contributed by atoms with Crippen LogP contribution in [-0.4, -0.2) is 54.6 Å². The van der Waals surface area contributed by atoms with Crippen molar-refractivity contribution in [1.82, 2.24) is 20.2 Å². The van der Waals surface area contributed by atoms with Crippen LogP contribution in [0.1, 0.15) is 39.4 Å².